The lowest BCUT2D eigenvalue weighted by atomic mass is 9.94. The van der Waals surface area contributed by atoms with E-state index in [0.29, 0.717) is 12.1 Å². The number of benzene rings is 1. The molecule has 4 rings (SSSR count). The standard InChI is InChI=1S/C22H29N3O4/c1-14-11-24(12-15(2)29-14)13-18-19(21(26)28-3)20(16-7-5-4-6-8-16)23-22(27)25(18)17-9-10-17/h4-8,14-15,17,20H,9-13H2,1-3H3,(H,23,27)/t14-,15-,20+/m0/s1. The molecule has 1 saturated carbocycles. The summed E-state index contributed by atoms with van der Waals surface area (Å²) in [6, 6.07) is 9.09. The summed E-state index contributed by atoms with van der Waals surface area (Å²) in [5, 5.41) is 3.04. The van der Waals surface area contributed by atoms with Crippen molar-refractivity contribution in [2.75, 3.05) is 26.7 Å². The number of hydrogen-bond donors (Lipinski definition) is 1. The number of amides is 2. The van der Waals surface area contributed by atoms with E-state index in [1.807, 2.05) is 30.3 Å². The monoisotopic (exact) mass is 399 g/mol. The molecule has 1 aromatic rings. The van der Waals surface area contributed by atoms with Crippen LogP contribution in [-0.2, 0) is 14.3 Å². The van der Waals surface area contributed by atoms with Gasteiger partial charge in [-0.25, -0.2) is 9.59 Å². The van der Waals surface area contributed by atoms with Crippen LogP contribution in [0.1, 0.15) is 38.3 Å². The second kappa shape index (κ2) is 8.16. The molecular formula is C22H29N3O4. The lowest BCUT2D eigenvalue weighted by molar-refractivity contribution is -0.136. The first kappa shape index (κ1) is 19.9. The molecule has 0 radical (unpaired) electrons. The topological polar surface area (TPSA) is 71.1 Å². The average molecular weight is 399 g/mol. The molecule has 156 valence electrons. The zero-order valence-corrected chi connectivity index (χ0v) is 17.3. The smallest absolute Gasteiger partial charge is 0.338 e. The van der Waals surface area contributed by atoms with Crippen molar-refractivity contribution in [3.05, 3.63) is 47.2 Å². The molecule has 2 aliphatic heterocycles. The third-order valence-electron chi connectivity index (χ3n) is 5.70. The lowest BCUT2D eigenvalue weighted by Gasteiger charge is -2.41. The molecule has 3 aliphatic rings. The van der Waals surface area contributed by atoms with Crippen molar-refractivity contribution in [1.82, 2.24) is 15.1 Å². The SMILES string of the molecule is COC(=O)C1=C(CN2C[C@H](C)O[C@@H](C)C2)N(C2CC2)C(=O)N[C@@H]1c1ccccc1. The van der Waals surface area contributed by atoms with Crippen molar-refractivity contribution >= 4 is 12.0 Å². The summed E-state index contributed by atoms with van der Waals surface area (Å²) < 4.78 is 11.0. The van der Waals surface area contributed by atoms with Gasteiger partial charge in [0.1, 0.15) is 0 Å². The lowest BCUT2D eigenvalue weighted by Crippen LogP contribution is -2.53. The second-order valence-corrected chi connectivity index (χ2v) is 8.20. The number of nitrogens with one attached hydrogen (secondary N) is 1. The maximum Gasteiger partial charge on any atom is 0.338 e. The van der Waals surface area contributed by atoms with Crippen LogP contribution in [0.3, 0.4) is 0 Å². The fourth-order valence-electron chi connectivity index (χ4n) is 4.43. The Bertz CT molecular complexity index is 796. The van der Waals surface area contributed by atoms with E-state index < -0.39 is 12.0 Å². The summed E-state index contributed by atoms with van der Waals surface area (Å²) in [7, 11) is 1.39. The Morgan fingerprint density at radius 1 is 1.17 bits per heavy atom. The summed E-state index contributed by atoms with van der Waals surface area (Å²) in [5.74, 6) is -0.395. The van der Waals surface area contributed by atoms with E-state index >= 15 is 0 Å². The second-order valence-electron chi connectivity index (χ2n) is 8.20. The molecule has 2 fully saturated rings. The third kappa shape index (κ3) is 4.16. The third-order valence-corrected chi connectivity index (χ3v) is 5.70. The molecule has 2 amide bonds. The normalized spacial score (nSPS) is 28.3. The highest BCUT2D eigenvalue weighted by Gasteiger charge is 2.44. The Morgan fingerprint density at radius 2 is 1.83 bits per heavy atom. The van der Waals surface area contributed by atoms with Gasteiger partial charge in [-0.3, -0.25) is 9.80 Å². The average Bonchev–Trinajstić information content (AvgIpc) is 3.52. The van der Waals surface area contributed by atoms with Gasteiger partial charge >= 0.3 is 12.0 Å². The first-order chi connectivity index (χ1) is 14.0. The summed E-state index contributed by atoms with van der Waals surface area (Å²) >= 11 is 0. The summed E-state index contributed by atoms with van der Waals surface area (Å²) in [6.45, 7) is 6.15. The van der Waals surface area contributed by atoms with Crippen molar-refractivity contribution in [2.45, 2.75) is 51.0 Å². The van der Waals surface area contributed by atoms with Crippen molar-refractivity contribution in [3.8, 4) is 0 Å². The zero-order valence-electron chi connectivity index (χ0n) is 17.3. The molecule has 0 unspecified atom stereocenters. The van der Waals surface area contributed by atoms with Crippen LogP contribution in [0, 0.1) is 0 Å². The van der Waals surface area contributed by atoms with Gasteiger partial charge in [0.25, 0.3) is 0 Å². The Morgan fingerprint density at radius 3 is 2.41 bits per heavy atom. The number of morpholine rings is 1. The highest BCUT2D eigenvalue weighted by atomic mass is 16.5. The van der Waals surface area contributed by atoms with Gasteiger partial charge in [0, 0.05) is 31.4 Å². The summed E-state index contributed by atoms with van der Waals surface area (Å²) in [6.07, 6.45) is 2.13. The summed E-state index contributed by atoms with van der Waals surface area (Å²) in [5.41, 5.74) is 2.16. The van der Waals surface area contributed by atoms with Gasteiger partial charge in [-0.2, -0.15) is 0 Å². The number of ether oxygens (including phenoxy) is 2. The Labute approximate surface area is 171 Å². The van der Waals surface area contributed by atoms with Gasteiger partial charge in [0.15, 0.2) is 0 Å². The van der Waals surface area contributed by atoms with Gasteiger partial charge in [-0.15, -0.1) is 0 Å². The first-order valence-corrected chi connectivity index (χ1v) is 10.3. The minimum atomic E-state index is -0.517. The van der Waals surface area contributed by atoms with Crippen LogP contribution in [0.5, 0.6) is 0 Å². The highest BCUT2D eigenvalue weighted by molar-refractivity contribution is 5.95. The van der Waals surface area contributed by atoms with Crippen LogP contribution in [-0.4, -0.2) is 66.8 Å². The number of hydrogen-bond acceptors (Lipinski definition) is 5. The molecule has 0 spiro atoms. The molecule has 0 bridgehead atoms. The Balaban J connectivity index is 1.77. The maximum atomic E-state index is 13.1. The van der Waals surface area contributed by atoms with Crippen LogP contribution < -0.4 is 5.32 Å². The van der Waals surface area contributed by atoms with Gasteiger partial charge in [0.05, 0.1) is 30.9 Å². The van der Waals surface area contributed by atoms with Gasteiger partial charge in [-0.05, 0) is 32.3 Å². The van der Waals surface area contributed by atoms with Gasteiger partial charge < -0.3 is 14.8 Å². The van der Waals surface area contributed by atoms with E-state index in [1.165, 1.54) is 7.11 Å². The quantitative estimate of drug-likeness (QED) is 0.770. The minimum Gasteiger partial charge on any atom is -0.466 e. The van der Waals surface area contributed by atoms with E-state index in [9.17, 15) is 9.59 Å². The number of rotatable bonds is 5. The first-order valence-electron chi connectivity index (χ1n) is 10.3. The number of esters is 1. The van der Waals surface area contributed by atoms with E-state index in [2.05, 4.69) is 24.1 Å². The predicted molar refractivity (Wildman–Crippen MR) is 108 cm³/mol. The van der Waals surface area contributed by atoms with Crippen molar-refractivity contribution in [2.24, 2.45) is 0 Å². The molecule has 1 N–H and O–H groups in total. The zero-order chi connectivity index (χ0) is 20.5. The molecular weight excluding hydrogens is 370 g/mol. The number of nitrogens with zero attached hydrogens (tertiary/aromatic N) is 2. The van der Waals surface area contributed by atoms with Crippen molar-refractivity contribution < 1.29 is 19.1 Å². The van der Waals surface area contributed by atoms with Crippen LogP contribution >= 0.6 is 0 Å². The number of carbonyl (C=O) groups excluding carboxylic acids is 2. The molecule has 1 aliphatic carbocycles. The summed E-state index contributed by atoms with van der Waals surface area (Å²) in [4.78, 5) is 30.1. The molecule has 2 heterocycles. The molecule has 7 nitrogen and oxygen atoms in total. The largest absolute Gasteiger partial charge is 0.466 e. The molecule has 1 aromatic carbocycles. The van der Waals surface area contributed by atoms with Crippen molar-refractivity contribution in [3.63, 3.8) is 0 Å². The van der Waals surface area contributed by atoms with E-state index in [-0.39, 0.29) is 24.3 Å². The Hall–Kier alpha value is -2.38. The Kier molecular flexibility index (Phi) is 5.61. The van der Waals surface area contributed by atoms with Gasteiger partial charge in [-0.1, -0.05) is 30.3 Å². The van der Waals surface area contributed by atoms with Crippen molar-refractivity contribution in [1.29, 1.82) is 0 Å². The van der Waals surface area contributed by atoms with Gasteiger partial charge in [0.2, 0.25) is 0 Å². The van der Waals surface area contributed by atoms with Crippen LogP contribution in [0.2, 0.25) is 0 Å². The minimum absolute atomic E-state index is 0.109. The highest BCUT2D eigenvalue weighted by Crippen LogP contribution is 2.38. The number of methoxy groups -OCH3 is 1. The number of urea groups is 1. The molecule has 7 heteroatoms. The molecule has 1 saturated heterocycles. The fourth-order valence-corrected chi connectivity index (χ4v) is 4.43. The van der Waals surface area contributed by atoms with Crippen LogP contribution in [0.4, 0.5) is 4.79 Å². The molecule has 0 aromatic heterocycles. The van der Waals surface area contributed by atoms with E-state index in [0.717, 1.165) is 37.2 Å². The maximum absolute atomic E-state index is 13.1. The van der Waals surface area contributed by atoms with E-state index in [4.69, 9.17) is 9.47 Å². The van der Waals surface area contributed by atoms with Crippen LogP contribution in [0.15, 0.2) is 41.6 Å². The number of carbonyl (C=O) groups is 2. The molecule has 29 heavy (non-hydrogen) atoms. The molecule has 3 atom stereocenters. The van der Waals surface area contributed by atoms with E-state index in [1.54, 1.807) is 4.90 Å². The van der Waals surface area contributed by atoms with Crippen LogP contribution in [0.25, 0.3) is 0 Å². The predicted octanol–water partition coefficient (Wildman–Crippen LogP) is 2.45. The fraction of sp³-hybridized carbons (Fsp3) is 0.545.